The minimum absolute atomic E-state index is 0.197. The van der Waals surface area contributed by atoms with Crippen LogP contribution in [-0.2, 0) is 9.59 Å². The Labute approximate surface area is 135 Å². The first-order valence-corrected chi connectivity index (χ1v) is 7.02. The van der Waals surface area contributed by atoms with Crippen molar-refractivity contribution in [3.05, 3.63) is 28.6 Å². The van der Waals surface area contributed by atoms with E-state index < -0.39 is 17.9 Å². The summed E-state index contributed by atoms with van der Waals surface area (Å²) in [6.45, 7) is 3.31. The number of hydrogen-bond donors (Lipinski definition) is 3. The summed E-state index contributed by atoms with van der Waals surface area (Å²) in [4.78, 5) is 30.8. The van der Waals surface area contributed by atoms with E-state index in [4.69, 9.17) is 10.4 Å². The molecule has 0 aliphatic carbocycles. The molecule has 0 bridgehead atoms. The van der Waals surface area contributed by atoms with E-state index in [1.165, 1.54) is 12.4 Å². The lowest BCUT2D eigenvalue weighted by Crippen LogP contribution is -2.44. The number of nitrogens with one attached hydrogen (secondary N) is 2. The number of carbonyl (C=O) groups excluding carboxylic acids is 1. The van der Waals surface area contributed by atoms with Crippen LogP contribution in [0.5, 0.6) is 0 Å². The third-order valence-electron chi connectivity index (χ3n) is 2.55. The lowest BCUT2D eigenvalue weighted by atomic mass is 10.0. The molecular weight excluding hydrogens is 354 g/mol. The van der Waals surface area contributed by atoms with Gasteiger partial charge in [-0.15, -0.1) is 0 Å². The number of halogens is 1. The van der Waals surface area contributed by atoms with Gasteiger partial charge in [0.1, 0.15) is 17.7 Å². The van der Waals surface area contributed by atoms with Crippen molar-refractivity contribution in [1.82, 2.24) is 15.3 Å². The molecule has 9 heteroatoms. The van der Waals surface area contributed by atoms with Gasteiger partial charge in [0.05, 0.1) is 4.47 Å². The van der Waals surface area contributed by atoms with Crippen LogP contribution in [-0.4, -0.2) is 33.0 Å². The van der Waals surface area contributed by atoms with Crippen molar-refractivity contribution in [3.8, 4) is 6.07 Å². The zero-order valence-electron chi connectivity index (χ0n) is 11.9. The van der Waals surface area contributed by atoms with Crippen molar-refractivity contribution < 1.29 is 14.7 Å². The lowest BCUT2D eigenvalue weighted by Gasteiger charge is -2.17. The Hall–Kier alpha value is -2.47. The first-order valence-electron chi connectivity index (χ1n) is 6.23. The summed E-state index contributed by atoms with van der Waals surface area (Å²) in [5.74, 6) is -2.07. The minimum atomic E-state index is -1.16. The van der Waals surface area contributed by atoms with Crippen molar-refractivity contribution >= 4 is 33.8 Å². The molecule has 8 nitrogen and oxygen atoms in total. The van der Waals surface area contributed by atoms with Gasteiger partial charge in [0.25, 0.3) is 5.91 Å². The molecule has 1 rings (SSSR count). The number of carboxylic acids is 1. The maximum Gasteiger partial charge on any atom is 0.326 e. The minimum Gasteiger partial charge on any atom is -0.480 e. The summed E-state index contributed by atoms with van der Waals surface area (Å²) >= 11 is 3.18. The van der Waals surface area contributed by atoms with Crippen LogP contribution in [0, 0.1) is 17.2 Å². The van der Waals surface area contributed by atoms with Crippen LogP contribution in [0.2, 0.25) is 0 Å². The number of aliphatic carboxylic acids is 1. The summed E-state index contributed by atoms with van der Waals surface area (Å²) in [6.07, 6.45) is 4.11. The molecule has 0 aliphatic rings. The Morgan fingerprint density at radius 2 is 2.00 bits per heavy atom. The summed E-state index contributed by atoms with van der Waals surface area (Å²) < 4.78 is 0.682. The number of carboxylic acid groups (broad SMARTS) is 1. The molecule has 3 N–H and O–H groups in total. The van der Waals surface area contributed by atoms with E-state index in [-0.39, 0.29) is 17.4 Å². The van der Waals surface area contributed by atoms with E-state index in [1.807, 2.05) is 0 Å². The molecule has 1 heterocycles. The molecule has 0 saturated carbocycles. The average Bonchev–Trinajstić information content (AvgIpc) is 2.46. The van der Waals surface area contributed by atoms with E-state index in [0.717, 1.165) is 6.20 Å². The van der Waals surface area contributed by atoms with Gasteiger partial charge in [0.15, 0.2) is 0 Å². The highest BCUT2D eigenvalue weighted by atomic mass is 79.9. The maximum atomic E-state index is 11.9. The van der Waals surface area contributed by atoms with Crippen LogP contribution >= 0.6 is 15.9 Å². The zero-order valence-corrected chi connectivity index (χ0v) is 13.5. The van der Waals surface area contributed by atoms with E-state index >= 15 is 0 Å². The quantitative estimate of drug-likeness (QED) is 0.510. The molecule has 0 spiro atoms. The Kier molecular flexibility index (Phi) is 6.47. The molecule has 0 aromatic carbocycles. The normalized spacial score (nSPS) is 12.4. The van der Waals surface area contributed by atoms with E-state index in [1.54, 1.807) is 19.9 Å². The molecule has 0 aliphatic heterocycles. The maximum absolute atomic E-state index is 11.9. The Morgan fingerprint density at radius 1 is 1.41 bits per heavy atom. The van der Waals surface area contributed by atoms with Crippen LogP contribution in [0.3, 0.4) is 0 Å². The molecule has 1 unspecified atom stereocenters. The third-order valence-corrected chi connectivity index (χ3v) is 2.96. The molecule has 0 fully saturated rings. The second-order valence-corrected chi connectivity index (χ2v) is 5.49. The Bertz CT molecular complexity index is 622. The Morgan fingerprint density at radius 3 is 2.45 bits per heavy atom. The van der Waals surface area contributed by atoms with Crippen molar-refractivity contribution in [2.75, 3.05) is 5.32 Å². The van der Waals surface area contributed by atoms with Gasteiger partial charge in [-0.05, 0) is 21.8 Å². The largest absolute Gasteiger partial charge is 0.480 e. The summed E-state index contributed by atoms with van der Waals surface area (Å²) in [5, 5.41) is 22.9. The topological polar surface area (TPSA) is 128 Å². The number of carbonyl (C=O) groups is 2. The highest BCUT2D eigenvalue weighted by Gasteiger charge is 2.24. The number of aromatic nitrogens is 2. The molecule has 1 atom stereocenters. The van der Waals surface area contributed by atoms with Gasteiger partial charge in [-0.3, -0.25) is 4.79 Å². The van der Waals surface area contributed by atoms with E-state index in [9.17, 15) is 9.59 Å². The summed E-state index contributed by atoms with van der Waals surface area (Å²) in [5.41, 5.74) is -0.279. The lowest BCUT2D eigenvalue weighted by molar-refractivity contribution is -0.142. The van der Waals surface area contributed by atoms with Crippen molar-refractivity contribution in [1.29, 1.82) is 5.26 Å². The molecular formula is C13H14BrN5O3. The molecule has 0 radical (unpaired) electrons. The number of anilines is 1. The molecule has 22 heavy (non-hydrogen) atoms. The fourth-order valence-corrected chi connectivity index (χ4v) is 1.61. The number of hydrogen-bond acceptors (Lipinski definition) is 6. The van der Waals surface area contributed by atoms with Crippen LogP contribution in [0.4, 0.5) is 5.95 Å². The smallest absolute Gasteiger partial charge is 0.326 e. The fraction of sp³-hybridized carbons (Fsp3) is 0.308. The second kappa shape index (κ2) is 8.09. The van der Waals surface area contributed by atoms with E-state index in [0.29, 0.717) is 4.47 Å². The first kappa shape index (κ1) is 17.6. The monoisotopic (exact) mass is 367 g/mol. The van der Waals surface area contributed by atoms with Gasteiger partial charge in [-0.1, -0.05) is 13.8 Å². The van der Waals surface area contributed by atoms with Gasteiger partial charge in [-0.25, -0.2) is 14.8 Å². The van der Waals surface area contributed by atoms with Crippen molar-refractivity contribution in [3.63, 3.8) is 0 Å². The van der Waals surface area contributed by atoms with Gasteiger partial charge >= 0.3 is 5.97 Å². The second-order valence-electron chi connectivity index (χ2n) is 4.57. The SMILES string of the molecule is CC(C)C(NC(=O)/C(C#N)=C\Nc1ncc(Br)cn1)C(=O)O. The molecule has 0 saturated heterocycles. The molecule has 116 valence electrons. The summed E-state index contributed by atoms with van der Waals surface area (Å²) in [6, 6.07) is 0.620. The highest BCUT2D eigenvalue weighted by Crippen LogP contribution is 2.08. The number of nitriles is 1. The van der Waals surface area contributed by atoms with Gasteiger partial charge in [-0.2, -0.15) is 5.26 Å². The average molecular weight is 368 g/mol. The zero-order chi connectivity index (χ0) is 16.7. The van der Waals surface area contributed by atoms with Crippen molar-refractivity contribution in [2.45, 2.75) is 19.9 Å². The van der Waals surface area contributed by atoms with Gasteiger partial charge in [0.2, 0.25) is 5.95 Å². The standard InChI is InChI=1S/C13H14BrN5O3/c1-7(2)10(12(21)22)19-11(20)8(3-15)4-16-13-17-5-9(14)6-18-13/h4-7,10H,1-2H3,(H,19,20)(H,21,22)(H,16,17,18)/b8-4-. The predicted octanol–water partition coefficient (Wildman–Crippen LogP) is 1.28. The van der Waals surface area contributed by atoms with E-state index in [2.05, 4.69) is 36.5 Å². The molecule has 1 amide bonds. The molecule has 1 aromatic heterocycles. The van der Waals surface area contributed by atoms with Gasteiger partial charge in [0, 0.05) is 18.6 Å². The van der Waals surface area contributed by atoms with Crippen molar-refractivity contribution in [2.24, 2.45) is 5.92 Å². The fourth-order valence-electron chi connectivity index (χ4n) is 1.40. The van der Waals surface area contributed by atoms with Crippen LogP contribution < -0.4 is 10.6 Å². The third kappa shape index (κ3) is 5.14. The number of nitrogens with zero attached hydrogens (tertiary/aromatic N) is 3. The molecule has 1 aromatic rings. The number of amides is 1. The number of rotatable bonds is 6. The van der Waals surface area contributed by atoms with Gasteiger partial charge < -0.3 is 15.7 Å². The van der Waals surface area contributed by atoms with Crippen LogP contribution in [0.1, 0.15) is 13.8 Å². The van der Waals surface area contributed by atoms with Crippen LogP contribution in [0.25, 0.3) is 0 Å². The highest BCUT2D eigenvalue weighted by molar-refractivity contribution is 9.10. The Balaban J connectivity index is 2.80. The first-order chi connectivity index (χ1) is 10.3. The summed E-state index contributed by atoms with van der Waals surface area (Å²) in [7, 11) is 0. The predicted molar refractivity (Wildman–Crippen MR) is 81.5 cm³/mol. The van der Waals surface area contributed by atoms with Crippen LogP contribution in [0.15, 0.2) is 28.6 Å².